The highest BCUT2D eigenvalue weighted by molar-refractivity contribution is 7.89. The number of hydrogen-bond donors (Lipinski definition) is 1. The van der Waals surface area contributed by atoms with Gasteiger partial charge in [-0.3, -0.25) is 4.79 Å². The molecular weight excluding hydrogens is 410 g/mol. The maximum atomic E-state index is 12.7. The van der Waals surface area contributed by atoms with Gasteiger partial charge in [0.1, 0.15) is 0 Å². The molecule has 0 aromatic heterocycles. The molecule has 0 fully saturated rings. The van der Waals surface area contributed by atoms with Crippen LogP contribution in [0.1, 0.15) is 29.8 Å². The molecule has 0 bridgehead atoms. The molecular formula is C21H28ClN3O3S. The molecule has 0 aliphatic carbocycles. The van der Waals surface area contributed by atoms with Crippen molar-refractivity contribution in [3.8, 4) is 0 Å². The highest BCUT2D eigenvalue weighted by Crippen LogP contribution is 2.24. The third kappa shape index (κ3) is 6.02. The summed E-state index contributed by atoms with van der Waals surface area (Å²) in [7, 11) is 0.366. The van der Waals surface area contributed by atoms with Gasteiger partial charge in [-0.05, 0) is 56.4 Å². The van der Waals surface area contributed by atoms with Gasteiger partial charge in [0.25, 0.3) is 5.91 Å². The van der Waals surface area contributed by atoms with E-state index in [9.17, 15) is 13.2 Å². The molecule has 1 amide bonds. The van der Waals surface area contributed by atoms with Crippen molar-refractivity contribution in [2.24, 2.45) is 0 Å². The molecule has 1 N–H and O–H groups in total. The highest BCUT2D eigenvalue weighted by atomic mass is 35.5. The number of amides is 1. The lowest BCUT2D eigenvalue weighted by Crippen LogP contribution is -2.30. The number of nitrogens with one attached hydrogen (secondary N) is 1. The van der Waals surface area contributed by atoms with Gasteiger partial charge in [-0.15, -0.1) is 0 Å². The molecule has 0 atom stereocenters. The second-order valence-electron chi connectivity index (χ2n) is 6.94. The normalized spacial score (nSPS) is 11.8. The Morgan fingerprint density at radius 2 is 1.66 bits per heavy atom. The summed E-state index contributed by atoms with van der Waals surface area (Å²) in [6, 6.07) is 11.8. The predicted octanol–water partition coefficient (Wildman–Crippen LogP) is 3.73. The predicted molar refractivity (Wildman–Crippen MR) is 118 cm³/mol. The number of carbonyl (C=O) groups excluding carboxylic acids is 1. The summed E-state index contributed by atoms with van der Waals surface area (Å²) in [5.41, 5.74) is 1.91. The van der Waals surface area contributed by atoms with Crippen LogP contribution in [0.5, 0.6) is 0 Å². The number of halogens is 1. The quantitative estimate of drug-likeness (QED) is 0.649. The van der Waals surface area contributed by atoms with Crippen LogP contribution in [0.2, 0.25) is 5.02 Å². The summed E-state index contributed by atoms with van der Waals surface area (Å²) in [6.07, 6.45) is 0.915. The Morgan fingerprint density at radius 3 is 2.21 bits per heavy atom. The molecule has 0 saturated carbocycles. The fourth-order valence-corrected chi connectivity index (χ4v) is 4.55. The average Bonchev–Trinajstić information content (AvgIpc) is 2.68. The molecule has 0 aliphatic rings. The number of carbonyl (C=O) groups is 1. The van der Waals surface area contributed by atoms with Crippen molar-refractivity contribution in [3.63, 3.8) is 0 Å². The second kappa shape index (κ2) is 10.2. The van der Waals surface area contributed by atoms with Crippen LogP contribution in [0.25, 0.3) is 0 Å². The number of rotatable bonds is 9. The molecule has 0 radical (unpaired) electrons. The summed E-state index contributed by atoms with van der Waals surface area (Å²) in [5.74, 6) is -0.451. The van der Waals surface area contributed by atoms with Gasteiger partial charge in [-0.25, -0.2) is 8.42 Å². The number of benzene rings is 2. The molecule has 0 heterocycles. The number of likely N-dealkylation sites (N-methyl/N-ethyl adjacent to an activating group) is 1. The Kier molecular flexibility index (Phi) is 8.22. The van der Waals surface area contributed by atoms with Crippen LogP contribution < -0.4 is 5.32 Å². The number of hydrogen-bond acceptors (Lipinski definition) is 4. The fourth-order valence-electron chi connectivity index (χ4n) is 2.86. The number of sulfonamides is 1. The lowest BCUT2D eigenvalue weighted by molar-refractivity contribution is 0.102. The van der Waals surface area contributed by atoms with Crippen LogP contribution in [0.4, 0.5) is 5.69 Å². The maximum absolute atomic E-state index is 12.7. The van der Waals surface area contributed by atoms with E-state index in [2.05, 4.69) is 10.2 Å². The fraction of sp³-hybridized carbons (Fsp3) is 0.381. The Balaban J connectivity index is 2.21. The molecule has 0 saturated heterocycles. The Bertz CT molecular complexity index is 940. The molecule has 6 nitrogen and oxygen atoms in total. The van der Waals surface area contributed by atoms with Crippen molar-refractivity contribution in [2.75, 3.05) is 39.0 Å². The van der Waals surface area contributed by atoms with E-state index in [1.54, 1.807) is 13.8 Å². The summed E-state index contributed by atoms with van der Waals surface area (Å²) >= 11 is 6.18. The van der Waals surface area contributed by atoms with Gasteiger partial charge in [0, 0.05) is 25.3 Å². The second-order valence-corrected chi connectivity index (χ2v) is 9.28. The standard InChI is InChI=1S/C21H28ClN3O3S/c1-5-25(6-2)29(27,28)18-11-12-20(22)19(15-18)21(26)23-17-9-7-16(8-10-17)13-14-24(3)4/h7-12,15H,5-6,13-14H2,1-4H3,(H,23,26). The summed E-state index contributed by atoms with van der Waals surface area (Å²) in [5, 5.41) is 2.98. The molecule has 2 aromatic rings. The Morgan fingerprint density at radius 1 is 1.03 bits per heavy atom. The summed E-state index contributed by atoms with van der Waals surface area (Å²) in [4.78, 5) is 14.9. The van der Waals surface area contributed by atoms with Gasteiger partial charge in [0.05, 0.1) is 15.5 Å². The lowest BCUT2D eigenvalue weighted by Gasteiger charge is -2.19. The summed E-state index contributed by atoms with van der Waals surface area (Å²) in [6.45, 7) is 5.18. The van der Waals surface area contributed by atoms with Crippen LogP contribution in [0.3, 0.4) is 0 Å². The topological polar surface area (TPSA) is 69.7 Å². The zero-order valence-electron chi connectivity index (χ0n) is 17.3. The monoisotopic (exact) mass is 437 g/mol. The molecule has 0 unspecified atom stereocenters. The van der Waals surface area contributed by atoms with E-state index in [0.29, 0.717) is 18.8 Å². The first kappa shape index (κ1) is 23.3. The third-order valence-electron chi connectivity index (χ3n) is 4.59. The first-order valence-electron chi connectivity index (χ1n) is 9.53. The van der Waals surface area contributed by atoms with E-state index in [0.717, 1.165) is 13.0 Å². The maximum Gasteiger partial charge on any atom is 0.257 e. The molecule has 0 aliphatic heterocycles. The Labute approximate surface area is 178 Å². The zero-order chi connectivity index (χ0) is 21.6. The highest BCUT2D eigenvalue weighted by Gasteiger charge is 2.24. The van der Waals surface area contributed by atoms with E-state index >= 15 is 0 Å². The largest absolute Gasteiger partial charge is 0.322 e. The van der Waals surface area contributed by atoms with Crippen molar-refractivity contribution in [3.05, 3.63) is 58.6 Å². The van der Waals surface area contributed by atoms with E-state index in [1.807, 2.05) is 38.4 Å². The zero-order valence-corrected chi connectivity index (χ0v) is 18.8. The van der Waals surface area contributed by atoms with Crippen LogP contribution in [0, 0.1) is 0 Å². The minimum absolute atomic E-state index is 0.0507. The van der Waals surface area contributed by atoms with Gasteiger partial charge in [0.15, 0.2) is 0 Å². The van der Waals surface area contributed by atoms with Crippen LogP contribution >= 0.6 is 11.6 Å². The molecule has 2 aromatic carbocycles. The smallest absolute Gasteiger partial charge is 0.257 e. The minimum atomic E-state index is -3.68. The van der Waals surface area contributed by atoms with Gasteiger partial charge in [0.2, 0.25) is 10.0 Å². The average molecular weight is 438 g/mol. The van der Waals surface area contributed by atoms with Crippen LogP contribution in [-0.4, -0.2) is 57.3 Å². The van der Waals surface area contributed by atoms with Crippen molar-refractivity contribution in [1.82, 2.24) is 9.21 Å². The van der Waals surface area contributed by atoms with Crippen molar-refractivity contribution in [2.45, 2.75) is 25.2 Å². The van der Waals surface area contributed by atoms with Crippen molar-refractivity contribution in [1.29, 1.82) is 0 Å². The number of anilines is 1. The lowest BCUT2D eigenvalue weighted by atomic mass is 10.1. The summed E-state index contributed by atoms with van der Waals surface area (Å²) < 4.78 is 26.8. The molecule has 29 heavy (non-hydrogen) atoms. The van der Waals surface area contributed by atoms with Crippen LogP contribution in [-0.2, 0) is 16.4 Å². The van der Waals surface area contributed by atoms with E-state index in [-0.39, 0.29) is 15.5 Å². The third-order valence-corrected chi connectivity index (χ3v) is 6.96. The van der Waals surface area contributed by atoms with Crippen molar-refractivity contribution < 1.29 is 13.2 Å². The Hall–Kier alpha value is -1.93. The van der Waals surface area contributed by atoms with E-state index < -0.39 is 15.9 Å². The minimum Gasteiger partial charge on any atom is -0.322 e. The van der Waals surface area contributed by atoms with Gasteiger partial charge < -0.3 is 10.2 Å². The number of nitrogens with zero attached hydrogens (tertiary/aromatic N) is 2. The molecule has 2 rings (SSSR count). The van der Waals surface area contributed by atoms with Crippen LogP contribution in [0.15, 0.2) is 47.4 Å². The van der Waals surface area contributed by atoms with Gasteiger partial charge in [-0.2, -0.15) is 4.31 Å². The van der Waals surface area contributed by atoms with Crippen molar-refractivity contribution >= 4 is 33.2 Å². The van der Waals surface area contributed by atoms with Gasteiger partial charge in [-0.1, -0.05) is 37.6 Å². The first-order chi connectivity index (χ1) is 13.7. The van der Waals surface area contributed by atoms with Gasteiger partial charge >= 0.3 is 0 Å². The van der Waals surface area contributed by atoms with E-state index in [1.165, 1.54) is 28.1 Å². The molecule has 0 spiro atoms. The SMILES string of the molecule is CCN(CC)S(=O)(=O)c1ccc(Cl)c(C(=O)Nc2ccc(CCN(C)C)cc2)c1. The molecule has 8 heteroatoms. The first-order valence-corrected chi connectivity index (χ1v) is 11.4. The molecule has 158 valence electrons. The van der Waals surface area contributed by atoms with E-state index in [4.69, 9.17) is 11.6 Å².